The first-order valence-corrected chi connectivity index (χ1v) is 12.0. The van der Waals surface area contributed by atoms with Gasteiger partial charge in [-0.25, -0.2) is 9.78 Å². The first-order chi connectivity index (χ1) is 16.6. The first kappa shape index (κ1) is 24.9. The molecule has 186 valence electrons. The standard InChI is InChI=1S/C26H31ClN4O4/c1-17-15-30(10-11-31(17)25(32)35-26(2,3)4)19-12-21-22(27)13-23(29-24(21)28-14-19)34-16-18-6-8-20(33-5)9-7-18/h6-9,12-14,17H,10-11,15-16H2,1-5H3. The lowest BCUT2D eigenvalue weighted by atomic mass is 10.1. The maximum atomic E-state index is 12.5. The Bertz CT molecular complexity index is 1200. The third-order valence-electron chi connectivity index (χ3n) is 5.74. The average Bonchev–Trinajstić information content (AvgIpc) is 2.81. The predicted octanol–water partition coefficient (Wildman–Crippen LogP) is 5.32. The summed E-state index contributed by atoms with van der Waals surface area (Å²) in [4.78, 5) is 25.6. The Hall–Kier alpha value is -3.26. The van der Waals surface area contributed by atoms with Gasteiger partial charge in [-0.05, 0) is 51.5 Å². The summed E-state index contributed by atoms with van der Waals surface area (Å²) in [6, 6.07) is 11.3. The van der Waals surface area contributed by atoms with Gasteiger partial charge in [0.15, 0.2) is 5.65 Å². The van der Waals surface area contributed by atoms with Gasteiger partial charge < -0.3 is 24.0 Å². The Kier molecular flexibility index (Phi) is 7.21. The van der Waals surface area contributed by atoms with Gasteiger partial charge in [-0.15, -0.1) is 0 Å². The van der Waals surface area contributed by atoms with Crippen LogP contribution in [0.5, 0.6) is 11.6 Å². The highest BCUT2D eigenvalue weighted by molar-refractivity contribution is 6.35. The number of carbonyl (C=O) groups is 1. The van der Waals surface area contributed by atoms with Gasteiger partial charge in [0.2, 0.25) is 5.88 Å². The van der Waals surface area contributed by atoms with Crippen LogP contribution >= 0.6 is 11.6 Å². The van der Waals surface area contributed by atoms with Crippen LogP contribution in [0.2, 0.25) is 5.02 Å². The number of benzene rings is 1. The number of carbonyl (C=O) groups excluding carboxylic acids is 1. The van der Waals surface area contributed by atoms with E-state index in [1.165, 1.54) is 0 Å². The SMILES string of the molecule is COc1ccc(COc2cc(Cl)c3cc(N4CCN(C(=O)OC(C)(C)C)C(C)C4)cnc3n2)cc1. The zero-order valence-electron chi connectivity index (χ0n) is 20.7. The Balaban J connectivity index is 1.44. The van der Waals surface area contributed by atoms with Crippen LogP contribution in [0.4, 0.5) is 10.5 Å². The van der Waals surface area contributed by atoms with E-state index in [-0.39, 0.29) is 12.1 Å². The number of halogens is 1. The lowest BCUT2D eigenvalue weighted by Gasteiger charge is -2.41. The quantitative estimate of drug-likeness (QED) is 0.471. The fraction of sp³-hybridized carbons (Fsp3) is 0.423. The molecule has 1 aliphatic rings. The molecule has 0 N–H and O–H groups in total. The molecule has 9 heteroatoms. The largest absolute Gasteiger partial charge is 0.497 e. The van der Waals surface area contributed by atoms with Gasteiger partial charge in [0.05, 0.1) is 24.0 Å². The zero-order chi connectivity index (χ0) is 25.2. The Labute approximate surface area is 210 Å². The first-order valence-electron chi connectivity index (χ1n) is 11.6. The third kappa shape index (κ3) is 6.06. The Morgan fingerprint density at radius 2 is 1.91 bits per heavy atom. The third-order valence-corrected chi connectivity index (χ3v) is 6.05. The number of aromatic nitrogens is 2. The predicted molar refractivity (Wildman–Crippen MR) is 136 cm³/mol. The molecular weight excluding hydrogens is 468 g/mol. The molecule has 1 aliphatic heterocycles. The maximum absolute atomic E-state index is 12.5. The van der Waals surface area contributed by atoms with E-state index in [0.29, 0.717) is 42.8 Å². The van der Waals surface area contributed by atoms with E-state index < -0.39 is 5.60 Å². The summed E-state index contributed by atoms with van der Waals surface area (Å²) >= 11 is 6.58. The molecule has 1 saturated heterocycles. The van der Waals surface area contributed by atoms with Crippen LogP contribution in [0.1, 0.15) is 33.3 Å². The van der Waals surface area contributed by atoms with E-state index in [1.54, 1.807) is 24.3 Å². The van der Waals surface area contributed by atoms with Crippen LogP contribution in [0, 0.1) is 0 Å². The number of pyridine rings is 2. The molecule has 4 rings (SSSR count). The second-order valence-corrected chi connectivity index (χ2v) is 10.0. The number of rotatable bonds is 5. The van der Waals surface area contributed by atoms with Crippen molar-refractivity contribution in [1.82, 2.24) is 14.9 Å². The van der Waals surface area contributed by atoms with Gasteiger partial charge in [0.1, 0.15) is 18.0 Å². The number of hydrogen-bond acceptors (Lipinski definition) is 7. The summed E-state index contributed by atoms with van der Waals surface area (Å²) in [6.07, 6.45) is 1.50. The summed E-state index contributed by atoms with van der Waals surface area (Å²) in [5, 5.41) is 1.28. The number of amides is 1. The molecule has 3 heterocycles. The fourth-order valence-corrected chi connectivity index (χ4v) is 4.18. The molecule has 1 unspecified atom stereocenters. The van der Waals surface area contributed by atoms with Crippen molar-refractivity contribution in [3.05, 3.63) is 53.2 Å². The lowest BCUT2D eigenvalue weighted by molar-refractivity contribution is 0.0159. The van der Waals surface area contributed by atoms with E-state index >= 15 is 0 Å². The number of methoxy groups -OCH3 is 1. The van der Waals surface area contributed by atoms with Gasteiger partial charge in [0.25, 0.3) is 0 Å². The number of anilines is 1. The molecule has 1 atom stereocenters. The maximum Gasteiger partial charge on any atom is 0.410 e. The van der Waals surface area contributed by atoms with Gasteiger partial charge >= 0.3 is 6.09 Å². The van der Waals surface area contributed by atoms with E-state index in [0.717, 1.165) is 22.4 Å². The van der Waals surface area contributed by atoms with Crippen LogP contribution in [0.25, 0.3) is 11.0 Å². The highest BCUT2D eigenvalue weighted by Crippen LogP contribution is 2.30. The Morgan fingerprint density at radius 1 is 1.17 bits per heavy atom. The molecule has 8 nitrogen and oxygen atoms in total. The van der Waals surface area contributed by atoms with E-state index in [2.05, 4.69) is 14.9 Å². The molecule has 0 radical (unpaired) electrons. The monoisotopic (exact) mass is 498 g/mol. The summed E-state index contributed by atoms with van der Waals surface area (Å²) in [5.74, 6) is 1.21. The minimum Gasteiger partial charge on any atom is -0.497 e. The second-order valence-electron chi connectivity index (χ2n) is 9.61. The highest BCUT2D eigenvalue weighted by atomic mass is 35.5. The molecule has 0 saturated carbocycles. The number of piperazine rings is 1. The molecular formula is C26H31ClN4O4. The molecule has 0 aliphatic carbocycles. The lowest BCUT2D eigenvalue weighted by Crippen LogP contribution is -2.55. The van der Waals surface area contributed by atoms with Crippen molar-refractivity contribution in [2.75, 3.05) is 31.6 Å². The highest BCUT2D eigenvalue weighted by Gasteiger charge is 2.31. The smallest absolute Gasteiger partial charge is 0.410 e. The van der Waals surface area contributed by atoms with Gasteiger partial charge in [-0.3, -0.25) is 0 Å². The van der Waals surface area contributed by atoms with Crippen molar-refractivity contribution >= 4 is 34.4 Å². The molecule has 1 amide bonds. The number of nitrogens with zero attached hydrogens (tertiary/aromatic N) is 4. The van der Waals surface area contributed by atoms with Crippen molar-refractivity contribution in [2.45, 2.75) is 45.9 Å². The number of fused-ring (bicyclic) bond motifs is 1. The van der Waals surface area contributed by atoms with E-state index in [1.807, 2.05) is 58.0 Å². The summed E-state index contributed by atoms with van der Waals surface area (Å²) < 4.78 is 16.6. The molecule has 35 heavy (non-hydrogen) atoms. The van der Waals surface area contributed by atoms with Crippen molar-refractivity contribution in [3.8, 4) is 11.6 Å². The van der Waals surface area contributed by atoms with Crippen LogP contribution in [-0.4, -0.2) is 59.3 Å². The van der Waals surface area contributed by atoms with Crippen LogP contribution < -0.4 is 14.4 Å². The average molecular weight is 499 g/mol. The molecule has 1 fully saturated rings. The van der Waals surface area contributed by atoms with Crippen molar-refractivity contribution in [2.24, 2.45) is 0 Å². The number of hydrogen-bond donors (Lipinski definition) is 0. The minimum atomic E-state index is -0.517. The molecule has 2 aromatic heterocycles. The van der Waals surface area contributed by atoms with Crippen LogP contribution in [0.3, 0.4) is 0 Å². The fourth-order valence-electron chi connectivity index (χ4n) is 3.94. The van der Waals surface area contributed by atoms with Crippen molar-refractivity contribution < 1.29 is 19.0 Å². The zero-order valence-corrected chi connectivity index (χ0v) is 21.5. The van der Waals surface area contributed by atoms with Gasteiger partial charge in [0, 0.05) is 37.1 Å². The minimum absolute atomic E-state index is 0.00313. The molecule has 0 spiro atoms. The molecule has 1 aromatic carbocycles. The van der Waals surface area contributed by atoms with E-state index in [4.69, 9.17) is 25.8 Å². The molecule has 0 bridgehead atoms. The van der Waals surface area contributed by atoms with Crippen molar-refractivity contribution in [1.29, 1.82) is 0 Å². The summed E-state index contributed by atoms with van der Waals surface area (Å²) in [7, 11) is 1.63. The second kappa shape index (κ2) is 10.2. The molecule has 3 aromatic rings. The van der Waals surface area contributed by atoms with Gasteiger partial charge in [-0.1, -0.05) is 23.7 Å². The van der Waals surface area contributed by atoms with Crippen LogP contribution in [-0.2, 0) is 11.3 Å². The van der Waals surface area contributed by atoms with Crippen molar-refractivity contribution in [3.63, 3.8) is 0 Å². The topological polar surface area (TPSA) is 77.0 Å². The number of ether oxygens (including phenoxy) is 3. The van der Waals surface area contributed by atoms with E-state index in [9.17, 15) is 4.79 Å². The summed E-state index contributed by atoms with van der Waals surface area (Å²) in [5.41, 5.74) is 1.93. The summed E-state index contributed by atoms with van der Waals surface area (Å²) in [6.45, 7) is 9.91. The van der Waals surface area contributed by atoms with Crippen LogP contribution in [0.15, 0.2) is 42.6 Å². The van der Waals surface area contributed by atoms with Gasteiger partial charge in [-0.2, -0.15) is 4.98 Å². The normalized spacial score (nSPS) is 16.3. The Morgan fingerprint density at radius 3 is 2.57 bits per heavy atom.